The first-order valence-electron chi connectivity index (χ1n) is 9.36. The number of nitrogens with one attached hydrogen (secondary N) is 1. The van der Waals surface area contributed by atoms with Crippen molar-refractivity contribution >= 4 is 23.4 Å². The van der Waals surface area contributed by atoms with Crippen LogP contribution in [0.15, 0.2) is 54.6 Å². The van der Waals surface area contributed by atoms with Gasteiger partial charge in [0.15, 0.2) is 0 Å². The van der Waals surface area contributed by atoms with Gasteiger partial charge in [-0.3, -0.25) is 9.59 Å². The Morgan fingerprint density at radius 2 is 1.78 bits per heavy atom. The topological polar surface area (TPSA) is 49.4 Å². The van der Waals surface area contributed by atoms with Crippen molar-refractivity contribution in [3.05, 3.63) is 70.7 Å². The van der Waals surface area contributed by atoms with Crippen LogP contribution in [0.4, 0.5) is 0 Å². The van der Waals surface area contributed by atoms with Crippen LogP contribution >= 0.6 is 11.6 Å². The van der Waals surface area contributed by atoms with Crippen LogP contribution in [0.2, 0.25) is 5.02 Å². The fourth-order valence-corrected chi connectivity index (χ4v) is 3.04. The van der Waals surface area contributed by atoms with Crippen LogP contribution in [0, 0.1) is 0 Å². The Labute approximate surface area is 166 Å². The van der Waals surface area contributed by atoms with Crippen LogP contribution in [0.1, 0.15) is 37.8 Å². The zero-order chi connectivity index (χ0) is 19.6. The quantitative estimate of drug-likeness (QED) is 0.656. The van der Waals surface area contributed by atoms with Crippen molar-refractivity contribution in [1.82, 2.24) is 10.2 Å². The summed E-state index contributed by atoms with van der Waals surface area (Å²) in [6, 6.07) is 16.4. The monoisotopic (exact) mass is 386 g/mol. The lowest BCUT2D eigenvalue weighted by atomic mass is 10.1. The van der Waals surface area contributed by atoms with Gasteiger partial charge in [-0.2, -0.15) is 0 Å². The Balaban J connectivity index is 2.16. The maximum absolute atomic E-state index is 13.0. The predicted octanol–water partition coefficient (Wildman–Crippen LogP) is 4.22. The van der Waals surface area contributed by atoms with E-state index in [0.29, 0.717) is 18.1 Å². The highest BCUT2D eigenvalue weighted by Gasteiger charge is 2.26. The first-order valence-corrected chi connectivity index (χ1v) is 9.74. The number of amides is 2. The molecule has 0 radical (unpaired) electrons. The van der Waals surface area contributed by atoms with Gasteiger partial charge in [0.25, 0.3) is 0 Å². The molecule has 2 amide bonds. The molecule has 2 aromatic carbocycles. The van der Waals surface area contributed by atoms with Gasteiger partial charge in [-0.1, -0.05) is 67.4 Å². The molecule has 144 valence electrons. The van der Waals surface area contributed by atoms with Crippen molar-refractivity contribution in [3.8, 4) is 0 Å². The second-order valence-electron chi connectivity index (χ2n) is 6.63. The number of carbonyl (C=O) groups excluding carboxylic acids is 2. The highest BCUT2D eigenvalue weighted by Crippen LogP contribution is 2.16. The SMILES string of the molecule is CCCCNC(=O)[C@H](C)N(Cc1cccc(Cl)c1)C(=O)Cc1ccccc1. The Morgan fingerprint density at radius 3 is 2.44 bits per heavy atom. The number of halogens is 1. The molecule has 2 aromatic rings. The van der Waals surface area contributed by atoms with Gasteiger partial charge in [0.2, 0.25) is 11.8 Å². The van der Waals surface area contributed by atoms with E-state index in [1.807, 2.05) is 48.5 Å². The minimum atomic E-state index is -0.558. The third-order valence-electron chi connectivity index (χ3n) is 4.44. The van der Waals surface area contributed by atoms with E-state index < -0.39 is 6.04 Å². The summed E-state index contributed by atoms with van der Waals surface area (Å²) in [6.07, 6.45) is 2.19. The minimum Gasteiger partial charge on any atom is -0.354 e. The molecule has 0 fully saturated rings. The molecule has 1 N–H and O–H groups in total. The fraction of sp³-hybridized carbons (Fsp3) is 0.364. The van der Waals surface area contributed by atoms with Gasteiger partial charge in [-0.25, -0.2) is 0 Å². The van der Waals surface area contributed by atoms with Gasteiger partial charge >= 0.3 is 0 Å². The van der Waals surface area contributed by atoms with E-state index in [4.69, 9.17) is 11.6 Å². The van der Waals surface area contributed by atoms with Crippen molar-refractivity contribution in [2.75, 3.05) is 6.54 Å². The van der Waals surface area contributed by atoms with E-state index in [2.05, 4.69) is 12.2 Å². The molecule has 4 nitrogen and oxygen atoms in total. The van der Waals surface area contributed by atoms with Gasteiger partial charge in [0, 0.05) is 18.1 Å². The average molecular weight is 387 g/mol. The lowest BCUT2D eigenvalue weighted by Gasteiger charge is -2.29. The van der Waals surface area contributed by atoms with E-state index >= 15 is 0 Å². The van der Waals surface area contributed by atoms with E-state index in [9.17, 15) is 9.59 Å². The summed E-state index contributed by atoms with van der Waals surface area (Å²) in [5, 5.41) is 3.53. The molecular weight excluding hydrogens is 360 g/mol. The van der Waals surface area contributed by atoms with E-state index in [1.165, 1.54) is 0 Å². The van der Waals surface area contributed by atoms with Gasteiger partial charge < -0.3 is 10.2 Å². The summed E-state index contributed by atoms with van der Waals surface area (Å²) in [5.41, 5.74) is 1.83. The lowest BCUT2D eigenvalue weighted by molar-refractivity contribution is -0.140. The fourth-order valence-electron chi connectivity index (χ4n) is 2.82. The molecular formula is C22H27ClN2O2. The van der Waals surface area contributed by atoms with Crippen molar-refractivity contribution < 1.29 is 9.59 Å². The zero-order valence-electron chi connectivity index (χ0n) is 16.0. The Bertz CT molecular complexity index is 749. The number of hydrogen-bond donors (Lipinski definition) is 1. The van der Waals surface area contributed by atoms with E-state index in [0.717, 1.165) is 24.0 Å². The highest BCUT2D eigenvalue weighted by molar-refractivity contribution is 6.30. The largest absolute Gasteiger partial charge is 0.354 e. The molecule has 0 aromatic heterocycles. The minimum absolute atomic E-state index is 0.0840. The molecule has 0 spiro atoms. The average Bonchev–Trinajstić information content (AvgIpc) is 2.66. The number of benzene rings is 2. The number of carbonyl (C=O) groups is 2. The van der Waals surface area contributed by atoms with Crippen LogP contribution in [0.5, 0.6) is 0 Å². The summed E-state index contributed by atoms with van der Waals surface area (Å²) >= 11 is 6.08. The smallest absolute Gasteiger partial charge is 0.242 e. The second-order valence-corrected chi connectivity index (χ2v) is 7.07. The van der Waals surface area contributed by atoms with E-state index in [1.54, 1.807) is 17.9 Å². The molecule has 2 rings (SSSR count). The predicted molar refractivity (Wildman–Crippen MR) is 110 cm³/mol. The highest BCUT2D eigenvalue weighted by atomic mass is 35.5. The molecule has 0 unspecified atom stereocenters. The maximum atomic E-state index is 13.0. The summed E-state index contributed by atoms with van der Waals surface area (Å²) in [7, 11) is 0. The Kier molecular flexibility index (Phi) is 8.34. The molecule has 5 heteroatoms. The first-order chi connectivity index (χ1) is 13.0. The summed E-state index contributed by atoms with van der Waals surface area (Å²) in [4.78, 5) is 27.2. The number of nitrogens with zero attached hydrogens (tertiary/aromatic N) is 1. The summed E-state index contributed by atoms with van der Waals surface area (Å²) < 4.78 is 0. The number of rotatable bonds is 9. The van der Waals surface area contributed by atoms with Gasteiger partial charge in [0.05, 0.1) is 6.42 Å². The third-order valence-corrected chi connectivity index (χ3v) is 4.67. The first kappa shape index (κ1) is 21.0. The molecule has 1 atom stereocenters. The summed E-state index contributed by atoms with van der Waals surface area (Å²) in [5.74, 6) is -0.216. The number of unbranched alkanes of at least 4 members (excludes halogenated alkanes) is 1. The van der Waals surface area contributed by atoms with Gasteiger partial charge in [-0.15, -0.1) is 0 Å². The lowest BCUT2D eigenvalue weighted by Crippen LogP contribution is -2.48. The second kappa shape index (κ2) is 10.7. The van der Waals surface area contributed by atoms with Crippen LogP contribution in [-0.4, -0.2) is 29.3 Å². The van der Waals surface area contributed by atoms with Gasteiger partial charge in [0.1, 0.15) is 6.04 Å². The Morgan fingerprint density at radius 1 is 1.07 bits per heavy atom. The molecule has 27 heavy (non-hydrogen) atoms. The van der Waals surface area contributed by atoms with Crippen molar-refractivity contribution in [2.24, 2.45) is 0 Å². The van der Waals surface area contributed by atoms with Crippen LogP contribution in [0.25, 0.3) is 0 Å². The molecule has 0 saturated carbocycles. The summed E-state index contributed by atoms with van der Waals surface area (Å²) in [6.45, 7) is 4.81. The van der Waals surface area contributed by atoms with Crippen molar-refractivity contribution in [1.29, 1.82) is 0 Å². The Hall–Kier alpha value is -2.33. The van der Waals surface area contributed by atoms with Crippen molar-refractivity contribution in [3.63, 3.8) is 0 Å². The van der Waals surface area contributed by atoms with Crippen LogP contribution in [-0.2, 0) is 22.6 Å². The molecule has 0 aliphatic rings. The third kappa shape index (κ3) is 6.72. The van der Waals surface area contributed by atoms with Crippen LogP contribution in [0.3, 0.4) is 0 Å². The molecule has 0 heterocycles. The van der Waals surface area contributed by atoms with Crippen molar-refractivity contribution in [2.45, 2.75) is 45.7 Å². The molecule has 0 saturated heterocycles. The normalized spacial score (nSPS) is 11.7. The maximum Gasteiger partial charge on any atom is 0.242 e. The van der Waals surface area contributed by atoms with Gasteiger partial charge in [-0.05, 0) is 36.6 Å². The number of hydrogen-bond acceptors (Lipinski definition) is 2. The zero-order valence-corrected chi connectivity index (χ0v) is 16.7. The molecule has 0 aliphatic carbocycles. The van der Waals surface area contributed by atoms with E-state index in [-0.39, 0.29) is 18.2 Å². The molecule has 0 bridgehead atoms. The standard InChI is InChI=1S/C22H27ClN2O2/c1-3-4-13-24-22(27)17(2)25(16-19-11-8-12-20(23)14-19)21(26)15-18-9-6-5-7-10-18/h5-12,14,17H,3-4,13,15-16H2,1-2H3,(H,24,27)/t17-/m0/s1. The van der Waals surface area contributed by atoms with Crippen LogP contribution < -0.4 is 5.32 Å². The molecule has 0 aliphatic heterocycles.